The number of nitrogens with one attached hydrogen (secondary N) is 1. The molecule has 4 amide bonds. The number of imide groups is 1. The predicted molar refractivity (Wildman–Crippen MR) is 213 cm³/mol. The summed E-state index contributed by atoms with van der Waals surface area (Å²) in [5.74, 6) is 0.141. The van der Waals surface area contributed by atoms with Crippen LogP contribution < -0.4 is 15.0 Å². The molecule has 59 heavy (non-hydrogen) atoms. The summed E-state index contributed by atoms with van der Waals surface area (Å²) in [6.07, 6.45) is 5.23. The van der Waals surface area contributed by atoms with E-state index in [1.807, 2.05) is 30.1 Å². The van der Waals surface area contributed by atoms with Crippen LogP contribution >= 0.6 is 0 Å². The second-order valence-electron chi connectivity index (χ2n) is 15.9. The molecular weight excluding hydrogens is 761 g/mol. The lowest BCUT2D eigenvalue weighted by Gasteiger charge is -2.34. The van der Waals surface area contributed by atoms with Crippen LogP contribution in [0, 0.1) is 0 Å². The van der Waals surface area contributed by atoms with Crippen molar-refractivity contribution in [2.24, 2.45) is 0 Å². The van der Waals surface area contributed by atoms with Gasteiger partial charge in [-0.3, -0.25) is 34.1 Å². The van der Waals surface area contributed by atoms with Crippen molar-refractivity contribution in [1.29, 1.82) is 0 Å². The zero-order valence-corrected chi connectivity index (χ0v) is 33.2. The fourth-order valence-corrected chi connectivity index (χ4v) is 9.20. The number of piperidine rings is 2. The van der Waals surface area contributed by atoms with E-state index in [9.17, 15) is 28.0 Å². The van der Waals surface area contributed by atoms with Gasteiger partial charge in [0.15, 0.2) is 5.82 Å². The summed E-state index contributed by atoms with van der Waals surface area (Å²) in [5, 5.41) is 7.55. The van der Waals surface area contributed by atoms with Crippen LogP contribution in [-0.2, 0) is 40.4 Å². The number of pyridine rings is 1. The van der Waals surface area contributed by atoms with Gasteiger partial charge in [0.05, 0.1) is 25.9 Å². The van der Waals surface area contributed by atoms with E-state index in [1.54, 1.807) is 51.8 Å². The first kappa shape index (κ1) is 38.4. The number of fused-ring (bicyclic) bond motifs is 3. The molecule has 3 aromatic heterocycles. The minimum absolute atomic E-state index is 0.0300. The Kier molecular flexibility index (Phi) is 9.89. The van der Waals surface area contributed by atoms with Crippen molar-refractivity contribution < 1.29 is 32.7 Å². The number of halogens is 2. The van der Waals surface area contributed by atoms with Gasteiger partial charge in [-0.2, -0.15) is 5.10 Å². The van der Waals surface area contributed by atoms with Crippen LogP contribution in [0.3, 0.4) is 0 Å². The lowest BCUT2D eigenvalue weighted by Crippen LogP contribution is -2.52. The molecule has 0 radical (unpaired) electrons. The Morgan fingerprint density at radius 2 is 1.78 bits per heavy atom. The summed E-state index contributed by atoms with van der Waals surface area (Å²) in [6, 6.07) is 12.1. The van der Waals surface area contributed by atoms with Gasteiger partial charge >= 0.3 is 0 Å². The quantitative estimate of drug-likeness (QED) is 0.194. The first-order valence-corrected chi connectivity index (χ1v) is 20.0. The molecule has 2 saturated heterocycles. The van der Waals surface area contributed by atoms with E-state index in [2.05, 4.69) is 25.9 Å². The molecule has 4 aliphatic heterocycles. The highest BCUT2D eigenvalue weighted by Gasteiger charge is 2.39. The van der Waals surface area contributed by atoms with E-state index in [-0.39, 0.29) is 35.7 Å². The standard InChI is InChI=1S/C43H45F2N9O5/c1-25(55)51-16-12-35-34(23-51)41(49(2)29-5-7-31(33(19-29)40(44)45)32-20-38-46-13-17-52(38)24-37(32)59-3)48-54(35)28-10-14-50(15-11-28)21-26-4-6-30-27(18-26)22-53(43(30)58)36-8-9-39(56)47-42(36)57/h4-7,13,17-20,24,28,36,40H,8-12,14-16,21-23H2,1-3H3,(H,47,56,57). The highest BCUT2D eigenvalue weighted by molar-refractivity contribution is 6.05. The molecule has 0 spiro atoms. The van der Waals surface area contributed by atoms with Gasteiger partial charge in [-0.05, 0) is 60.2 Å². The minimum atomic E-state index is -2.77. The van der Waals surface area contributed by atoms with Crippen LogP contribution in [0.15, 0.2) is 61.1 Å². The van der Waals surface area contributed by atoms with Crippen molar-refractivity contribution in [1.82, 2.24) is 39.2 Å². The molecule has 0 aliphatic carbocycles. The zero-order chi connectivity index (χ0) is 41.1. The Morgan fingerprint density at radius 1 is 0.983 bits per heavy atom. The number of hydrogen-bond acceptors (Lipinski definition) is 9. The van der Waals surface area contributed by atoms with E-state index in [1.165, 1.54) is 13.2 Å². The fourth-order valence-electron chi connectivity index (χ4n) is 9.20. The number of ether oxygens (including phenoxy) is 1. The Balaban J connectivity index is 0.936. The molecule has 16 heteroatoms. The lowest BCUT2D eigenvalue weighted by atomic mass is 9.98. The third-order valence-corrected chi connectivity index (χ3v) is 12.4. The summed E-state index contributed by atoms with van der Waals surface area (Å²) in [7, 11) is 3.34. The van der Waals surface area contributed by atoms with Crippen LogP contribution in [0.5, 0.6) is 5.75 Å². The van der Waals surface area contributed by atoms with Gasteiger partial charge in [-0.15, -0.1) is 0 Å². The number of aromatic nitrogens is 4. The number of anilines is 2. The summed E-state index contributed by atoms with van der Waals surface area (Å²) in [5.41, 5.74) is 6.43. The molecule has 7 heterocycles. The third kappa shape index (κ3) is 6.98. The summed E-state index contributed by atoms with van der Waals surface area (Å²) >= 11 is 0. The van der Waals surface area contributed by atoms with Crippen molar-refractivity contribution in [3.8, 4) is 16.9 Å². The number of methoxy groups -OCH3 is 1. The molecule has 1 atom stereocenters. The van der Waals surface area contributed by atoms with Crippen molar-refractivity contribution >= 4 is 40.8 Å². The fraction of sp³-hybridized carbons (Fsp3) is 0.395. The van der Waals surface area contributed by atoms with E-state index in [4.69, 9.17) is 9.84 Å². The molecule has 1 N–H and O–H groups in total. The molecule has 5 aromatic rings. The van der Waals surface area contributed by atoms with Gasteiger partial charge < -0.3 is 23.8 Å². The Hall–Kier alpha value is -6.16. The van der Waals surface area contributed by atoms with Crippen LogP contribution in [0.4, 0.5) is 20.3 Å². The van der Waals surface area contributed by atoms with Crippen LogP contribution in [-0.4, -0.2) is 97.3 Å². The van der Waals surface area contributed by atoms with Gasteiger partial charge in [0.1, 0.15) is 17.4 Å². The highest BCUT2D eigenvalue weighted by Crippen LogP contribution is 2.42. The molecular formula is C43H45F2N9O5. The molecule has 1 unspecified atom stereocenters. The summed E-state index contributed by atoms with van der Waals surface area (Å²) < 4.78 is 39.3. The van der Waals surface area contributed by atoms with Gasteiger partial charge in [0.2, 0.25) is 17.7 Å². The molecule has 0 bridgehead atoms. The highest BCUT2D eigenvalue weighted by atomic mass is 19.3. The number of carbonyl (C=O) groups is 4. The third-order valence-electron chi connectivity index (χ3n) is 12.4. The second-order valence-corrected chi connectivity index (χ2v) is 15.9. The molecule has 306 valence electrons. The predicted octanol–water partition coefficient (Wildman–Crippen LogP) is 5.41. The SMILES string of the molecule is COc1cn2ccnc2cc1-c1ccc(N(C)c2nn(C3CCN(Cc4ccc5c(c4)CN(C4CCC(=O)NC4=O)C5=O)CC3)c3c2CN(C(C)=O)CC3)cc1C(F)F. The molecule has 2 aromatic carbocycles. The number of amides is 4. The Bertz CT molecular complexity index is 2510. The maximum absolute atomic E-state index is 14.9. The van der Waals surface area contributed by atoms with E-state index in [0.29, 0.717) is 78.6 Å². The summed E-state index contributed by atoms with van der Waals surface area (Å²) in [4.78, 5) is 61.9. The number of hydrogen-bond donors (Lipinski definition) is 1. The van der Waals surface area contributed by atoms with Crippen molar-refractivity contribution in [2.45, 2.75) is 77.2 Å². The van der Waals surface area contributed by atoms with E-state index >= 15 is 0 Å². The Morgan fingerprint density at radius 3 is 2.53 bits per heavy atom. The first-order chi connectivity index (χ1) is 28.5. The monoisotopic (exact) mass is 805 g/mol. The van der Waals surface area contributed by atoms with Gasteiger partial charge in [0.25, 0.3) is 12.3 Å². The number of carbonyl (C=O) groups excluding carboxylic acids is 4. The minimum Gasteiger partial charge on any atom is -0.495 e. The number of imidazole rings is 1. The van der Waals surface area contributed by atoms with E-state index < -0.39 is 18.4 Å². The number of alkyl halides is 2. The number of nitrogens with zero attached hydrogens (tertiary/aromatic N) is 8. The lowest BCUT2D eigenvalue weighted by molar-refractivity contribution is -0.137. The van der Waals surface area contributed by atoms with Crippen LogP contribution in [0.25, 0.3) is 16.8 Å². The van der Waals surface area contributed by atoms with Gasteiger partial charge in [-0.25, -0.2) is 13.8 Å². The molecule has 2 fully saturated rings. The van der Waals surface area contributed by atoms with Gasteiger partial charge in [0, 0.05) is 106 Å². The van der Waals surface area contributed by atoms with Crippen LogP contribution in [0.1, 0.15) is 83.4 Å². The molecule has 4 aliphatic rings. The number of rotatable bonds is 9. The zero-order valence-electron chi connectivity index (χ0n) is 33.2. The average Bonchev–Trinajstić information content (AvgIpc) is 3.95. The first-order valence-electron chi connectivity index (χ1n) is 20.0. The number of likely N-dealkylation sites (tertiary alicyclic amines) is 1. The maximum atomic E-state index is 14.9. The summed E-state index contributed by atoms with van der Waals surface area (Å²) in [6.45, 7) is 5.19. The number of benzene rings is 2. The van der Waals surface area contributed by atoms with Crippen molar-refractivity contribution in [3.05, 3.63) is 94.6 Å². The van der Waals surface area contributed by atoms with Crippen LogP contribution in [0.2, 0.25) is 0 Å². The van der Waals surface area contributed by atoms with E-state index in [0.717, 1.165) is 48.3 Å². The Labute approximate surface area is 339 Å². The normalized spacial score (nSPS) is 18.7. The topological polar surface area (TPSA) is 138 Å². The second kappa shape index (κ2) is 15.2. The molecule has 9 rings (SSSR count). The smallest absolute Gasteiger partial charge is 0.264 e. The van der Waals surface area contributed by atoms with Crippen molar-refractivity contribution in [3.63, 3.8) is 0 Å². The van der Waals surface area contributed by atoms with Gasteiger partial charge in [-0.1, -0.05) is 18.2 Å². The molecule has 0 saturated carbocycles. The maximum Gasteiger partial charge on any atom is 0.264 e. The largest absolute Gasteiger partial charge is 0.495 e. The molecule has 14 nitrogen and oxygen atoms in total. The average molecular weight is 806 g/mol. The van der Waals surface area contributed by atoms with Crippen molar-refractivity contribution in [2.75, 3.05) is 38.7 Å².